The second-order valence-corrected chi connectivity index (χ2v) is 5.58. The number of hydrogen-bond acceptors (Lipinski definition) is 2. The fourth-order valence-electron chi connectivity index (χ4n) is 2.76. The Bertz CT molecular complexity index is 528. The standard InChI is InChI=1S/C15H19F3N2O/c1-9-8-10(6-7-12(9)19)14(21)20-13-5-3-2-4-11(13)15(16,17)18/h6-8,11,13H,2-5,19H2,1H3,(H,20,21). The first kappa shape index (κ1) is 15.7. The van der Waals surface area contributed by atoms with Crippen molar-refractivity contribution in [2.24, 2.45) is 5.92 Å². The average Bonchev–Trinajstić information content (AvgIpc) is 2.41. The Balaban J connectivity index is 2.11. The summed E-state index contributed by atoms with van der Waals surface area (Å²) in [5.41, 5.74) is 7.30. The summed E-state index contributed by atoms with van der Waals surface area (Å²) < 4.78 is 39.0. The molecule has 2 atom stereocenters. The number of alkyl halides is 3. The highest BCUT2D eigenvalue weighted by atomic mass is 19.4. The van der Waals surface area contributed by atoms with Gasteiger partial charge in [-0.2, -0.15) is 13.2 Å². The number of halogens is 3. The predicted octanol–water partition coefficient (Wildman–Crippen LogP) is 3.43. The first-order valence-electron chi connectivity index (χ1n) is 7.02. The lowest BCUT2D eigenvalue weighted by Crippen LogP contribution is -2.47. The number of carbonyl (C=O) groups is 1. The molecule has 1 fully saturated rings. The van der Waals surface area contributed by atoms with Gasteiger partial charge in [-0.3, -0.25) is 4.79 Å². The number of nitrogens with one attached hydrogen (secondary N) is 1. The Morgan fingerprint density at radius 1 is 1.29 bits per heavy atom. The smallest absolute Gasteiger partial charge is 0.393 e. The number of aryl methyl sites for hydroxylation is 1. The Morgan fingerprint density at radius 2 is 1.95 bits per heavy atom. The van der Waals surface area contributed by atoms with Gasteiger partial charge in [0.1, 0.15) is 0 Å². The van der Waals surface area contributed by atoms with Crippen molar-refractivity contribution in [1.29, 1.82) is 0 Å². The molecule has 6 heteroatoms. The monoisotopic (exact) mass is 300 g/mol. The van der Waals surface area contributed by atoms with Crippen LogP contribution in [-0.2, 0) is 0 Å². The summed E-state index contributed by atoms with van der Waals surface area (Å²) in [6, 6.07) is 3.87. The highest BCUT2D eigenvalue weighted by molar-refractivity contribution is 5.95. The van der Waals surface area contributed by atoms with Crippen LogP contribution in [0, 0.1) is 12.8 Å². The van der Waals surface area contributed by atoms with Crippen molar-refractivity contribution in [3.8, 4) is 0 Å². The average molecular weight is 300 g/mol. The molecule has 3 N–H and O–H groups in total. The minimum absolute atomic E-state index is 0.0786. The normalized spacial score (nSPS) is 22.9. The van der Waals surface area contributed by atoms with Crippen LogP contribution in [0.1, 0.15) is 41.6 Å². The van der Waals surface area contributed by atoms with Gasteiger partial charge in [-0.15, -0.1) is 0 Å². The molecule has 0 heterocycles. The van der Waals surface area contributed by atoms with Crippen LogP contribution in [0.15, 0.2) is 18.2 Å². The lowest BCUT2D eigenvalue weighted by atomic mass is 9.84. The molecule has 21 heavy (non-hydrogen) atoms. The van der Waals surface area contributed by atoms with Gasteiger partial charge in [0.15, 0.2) is 0 Å². The quantitative estimate of drug-likeness (QED) is 0.822. The third-order valence-corrected chi connectivity index (χ3v) is 4.03. The number of amides is 1. The van der Waals surface area contributed by atoms with Crippen molar-refractivity contribution in [1.82, 2.24) is 5.32 Å². The molecule has 0 saturated heterocycles. The van der Waals surface area contributed by atoms with Crippen LogP contribution in [0.5, 0.6) is 0 Å². The number of carbonyl (C=O) groups excluding carboxylic acids is 1. The largest absolute Gasteiger partial charge is 0.399 e. The maximum Gasteiger partial charge on any atom is 0.393 e. The van der Waals surface area contributed by atoms with E-state index in [9.17, 15) is 18.0 Å². The Hall–Kier alpha value is -1.72. The molecule has 1 saturated carbocycles. The van der Waals surface area contributed by atoms with Gasteiger partial charge in [0.25, 0.3) is 5.91 Å². The second-order valence-electron chi connectivity index (χ2n) is 5.58. The lowest BCUT2D eigenvalue weighted by Gasteiger charge is -2.33. The summed E-state index contributed by atoms with van der Waals surface area (Å²) in [6.07, 6.45) is -2.57. The molecule has 116 valence electrons. The fourth-order valence-corrected chi connectivity index (χ4v) is 2.76. The van der Waals surface area contributed by atoms with E-state index in [1.165, 1.54) is 6.07 Å². The van der Waals surface area contributed by atoms with E-state index in [0.29, 0.717) is 30.5 Å². The third-order valence-electron chi connectivity index (χ3n) is 4.03. The molecule has 1 aliphatic rings. The van der Waals surface area contributed by atoms with Crippen LogP contribution in [0.2, 0.25) is 0 Å². The zero-order valence-electron chi connectivity index (χ0n) is 11.8. The van der Waals surface area contributed by atoms with E-state index < -0.39 is 24.0 Å². The summed E-state index contributed by atoms with van der Waals surface area (Å²) in [5.74, 6) is -1.93. The van der Waals surface area contributed by atoms with E-state index in [4.69, 9.17) is 5.73 Å². The van der Waals surface area contributed by atoms with Crippen LogP contribution in [0.3, 0.4) is 0 Å². The number of rotatable bonds is 2. The highest BCUT2D eigenvalue weighted by Crippen LogP contribution is 2.37. The Labute approximate surface area is 121 Å². The molecule has 0 aliphatic heterocycles. The zero-order valence-corrected chi connectivity index (χ0v) is 11.8. The minimum Gasteiger partial charge on any atom is -0.399 e. The fraction of sp³-hybridized carbons (Fsp3) is 0.533. The van der Waals surface area contributed by atoms with Gasteiger partial charge in [0, 0.05) is 17.3 Å². The van der Waals surface area contributed by atoms with Gasteiger partial charge in [-0.25, -0.2) is 0 Å². The first-order chi connectivity index (χ1) is 9.79. The Morgan fingerprint density at radius 3 is 2.57 bits per heavy atom. The summed E-state index contributed by atoms with van der Waals surface area (Å²) in [4.78, 5) is 12.1. The topological polar surface area (TPSA) is 55.1 Å². The van der Waals surface area contributed by atoms with E-state index in [1.54, 1.807) is 19.1 Å². The molecular formula is C15H19F3N2O. The molecule has 1 aromatic carbocycles. The molecule has 2 unspecified atom stereocenters. The summed E-state index contributed by atoms with van der Waals surface area (Å²) in [6.45, 7) is 1.76. The van der Waals surface area contributed by atoms with Crippen molar-refractivity contribution in [2.45, 2.75) is 44.8 Å². The van der Waals surface area contributed by atoms with E-state index >= 15 is 0 Å². The second kappa shape index (κ2) is 5.95. The minimum atomic E-state index is -4.27. The van der Waals surface area contributed by atoms with Crippen molar-refractivity contribution in [3.05, 3.63) is 29.3 Å². The molecule has 0 spiro atoms. The van der Waals surface area contributed by atoms with E-state index in [0.717, 1.165) is 5.56 Å². The number of benzene rings is 1. The zero-order chi connectivity index (χ0) is 15.6. The van der Waals surface area contributed by atoms with E-state index in [1.807, 2.05) is 0 Å². The first-order valence-corrected chi connectivity index (χ1v) is 7.02. The summed E-state index contributed by atoms with van der Waals surface area (Å²) in [7, 11) is 0. The van der Waals surface area contributed by atoms with E-state index in [-0.39, 0.29) is 6.42 Å². The molecule has 0 bridgehead atoms. The van der Waals surface area contributed by atoms with Crippen LogP contribution in [-0.4, -0.2) is 18.1 Å². The number of nitrogen functional groups attached to an aromatic ring is 1. The molecule has 2 rings (SSSR count). The molecule has 1 aromatic rings. The summed E-state index contributed by atoms with van der Waals surface area (Å²) in [5, 5.41) is 2.54. The number of nitrogens with two attached hydrogens (primary N) is 1. The van der Waals surface area contributed by atoms with Gasteiger partial charge < -0.3 is 11.1 Å². The molecule has 0 radical (unpaired) electrons. The molecule has 1 aliphatic carbocycles. The SMILES string of the molecule is Cc1cc(C(=O)NC2CCCCC2C(F)(F)F)ccc1N. The van der Waals surface area contributed by atoms with Crippen molar-refractivity contribution in [2.75, 3.05) is 5.73 Å². The van der Waals surface area contributed by atoms with Crippen LogP contribution in [0.25, 0.3) is 0 Å². The van der Waals surface area contributed by atoms with Crippen molar-refractivity contribution < 1.29 is 18.0 Å². The van der Waals surface area contributed by atoms with Crippen molar-refractivity contribution >= 4 is 11.6 Å². The maximum absolute atomic E-state index is 13.0. The Kier molecular flexibility index (Phi) is 4.44. The molecule has 1 amide bonds. The van der Waals surface area contributed by atoms with Gasteiger partial charge >= 0.3 is 6.18 Å². The summed E-state index contributed by atoms with van der Waals surface area (Å²) >= 11 is 0. The van der Waals surface area contributed by atoms with Crippen molar-refractivity contribution in [3.63, 3.8) is 0 Å². The van der Waals surface area contributed by atoms with Crippen LogP contribution >= 0.6 is 0 Å². The molecule has 3 nitrogen and oxygen atoms in total. The lowest BCUT2D eigenvalue weighted by molar-refractivity contribution is -0.187. The van der Waals surface area contributed by atoms with Gasteiger partial charge in [-0.05, 0) is 43.5 Å². The van der Waals surface area contributed by atoms with Gasteiger partial charge in [0.2, 0.25) is 0 Å². The predicted molar refractivity (Wildman–Crippen MR) is 74.9 cm³/mol. The van der Waals surface area contributed by atoms with Gasteiger partial charge in [-0.1, -0.05) is 12.8 Å². The highest BCUT2D eigenvalue weighted by Gasteiger charge is 2.45. The van der Waals surface area contributed by atoms with Gasteiger partial charge in [0.05, 0.1) is 5.92 Å². The molecular weight excluding hydrogens is 281 g/mol. The maximum atomic E-state index is 13.0. The number of anilines is 1. The number of hydrogen-bond donors (Lipinski definition) is 2. The van der Waals surface area contributed by atoms with Crippen LogP contribution in [0.4, 0.5) is 18.9 Å². The molecule has 0 aromatic heterocycles. The van der Waals surface area contributed by atoms with E-state index in [2.05, 4.69) is 5.32 Å². The van der Waals surface area contributed by atoms with Crippen LogP contribution < -0.4 is 11.1 Å². The third kappa shape index (κ3) is 3.68.